The molecule has 6 nitrogen and oxygen atoms in total. The maximum atomic E-state index is 11.9. The Labute approximate surface area is 158 Å². The lowest BCUT2D eigenvalue weighted by atomic mass is 10.0. The molecule has 2 atom stereocenters. The first-order chi connectivity index (χ1) is 12.6. The first-order valence-electron chi connectivity index (χ1n) is 8.84. The zero-order chi connectivity index (χ0) is 18.5. The van der Waals surface area contributed by atoms with Crippen LogP contribution in [-0.2, 0) is 4.79 Å². The lowest BCUT2D eigenvalue weighted by Gasteiger charge is -2.18. The molecule has 0 aliphatic carbocycles. The van der Waals surface area contributed by atoms with Gasteiger partial charge in [-0.05, 0) is 49.2 Å². The highest BCUT2D eigenvalue weighted by atomic mass is 35.5. The first kappa shape index (κ1) is 18.5. The zero-order valence-electron chi connectivity index (χ0n) is 15.0. The second-order valence-electron chi connectivity index (χ2n) is 6.34. The number of ether oxygens (including phenoxy) is 1. The van der Waals surface area contributed by atoms with E-state index in [9.17, 15) is 4.79 Å². The Hall–Kier alpha value is -2.34. The van der Waals surface area contributed by atoms with Gasteiger partial charge in [-0.15, -0.1) is 0 Å². The Morgan fingerprint density at radius 3 is 2.85 bits per heavy atom. The average molecular weight is 375 g/mol. The third-order valence-corrected chi connectivity index (χ3v) is 4.69. The molecule has 1 N–H and O–H groups in total. The van der Waals surface area contributed by atoms with Crippen molar-refractivity contribution in [3.05, 3.63) is 47.4 Å². The highest BCUT2D eigenvalue weighted by molar-refractivity contribution is 6.28. The predicted octanol–water partition coefficient (Wildman–Crippen LogP) is 3.03. The van der Waals surface area contributed by atoms with Gasteiger partial charge >= 0.3 is 0 Å². The van der Waals surface area contributed by atoms with Gasteiger partial charge in [-0.25, -0.2) is 9.97 Å². The van der Waals surface area contributed by atoms with Crippen LogP contribution in [0.15, 0.2) is 36.5 Å². The second kappa shape index (κ2) is 8.36. The number of nitrogens with one attached hydrogen (secondary N) is 1. The summed E-state index contributed by atoms with van der Waals surface area (Å²) in [6.07, 6.45) is 2.67. The van der Waals surface area contributed by atoms with Crippen LogP contribution < -0.4 is 15.0 Å². The van der Waals surface area contributed by atoms with Crippen molar-refractivity contribution >= 4 is 23.3 Å². The Kier molecular flexibility index (Phi) is 5.93. The molecule has 2 unspecified atom stereocenters. The predicted molar refractivity (Wildman–Crippen MR) is 102 cm³/mol. The molecule has 1 fully saturated rings. The van der Waals surface area contributed by atoms with Crippen LogP contribution in [0.1, 0.15) is 31.7 Å². The van der Waals surface area contributed by atoms with Crippen molar-refractivity contribution in [1.82, 2.24) is 15.3 Å². The monoisotopic (exact) mass is 374 g/mol. The van der Waals surface area contributed by atoms with Crippen LogP contribution in [0.2, 0.25) is 5.28 Å². The van der Waals surface area contributed by atoms with Crippen LogP contribution in [0.3, 0.4) is 0 Å². The quantitative estimate of drug-likeness (QED) is 0.787. The third-order valence-electron chi connectivity index (χ3n) is 4.51. The number of aromatic nitrogens is 2. The molecule has 1 aliphatic heterocycles. The van der Waals surface area contributed by atoms with Crippen molar-refractivity contribution in [3.63, 3.8) is 0 Å². The summed E-state index contributed by atoms with van der Waals surface area (Å²) < 4.78 is 6.08. The lowest BCUT2D eigenvalue weighted by Crippen LogP contribution is -2.27. The van der Waals surface area contributed by atoms with Crippen LogP contribution in [0, 0.1) is 0 Å². The summed E-state index contributed by atoms with van der Waals surface area (Å²) in [5.74, 6) is 1.50. The molecule has 1 aliphatic rings. The number of carbonyl (C=O) groups is 1. The van der Waals surface area contributed by atoms with Crippen molar-refractivity contribution in [2.75, 3.05) is 24.5 Å². The number of hydrogen-bond acceptors (Lipinski definition) is 5. The van der Waals surface area contributed by atoms with E-state index in [0.717, 1.165) is 36.6 Å². The smallest absolute Gasteiger partial charge is 0.227 e. The Morgan fingerprint density at radius 2 is 2.15 bits per heavy atom. The molecule has 1 saturated heterocycles. The molecule has 2 aromatic rings. The van der Waals surface area contributed by atoms with E-state index < -0.39 is 0 Å². The minimum atomic E-state index is -0.173. The topological polar surface area (TPSA) is 67.3 Å². The number of likely N-dealkylation sites (N-methyl/N-ethyl adjacent to an activating group) is 1. The van der Waals surface area contributed by atoms with Crippen molar-refractivity contribution in [2.45, 2.75) is 32.3 Å². The molecule has 0 saturated carbocycles. The maximum absolute atomic E-state index is 11.9. The fourth-order valence-corrected chi connectivity index (χ4v) is 3.18. The molecule has 7 heteroatoms. The van der Waals surface area contributed by atoms with Gasteiger partial charge in [0.25, 0.3) is 0 Å². The number of carbonyl (C=O) groups excluding carboxylic acids is 1. The summed E-state index contributed by atoms with van der Waals surface area (Å²) in [4.78, 5) is 22.2. The highest BCUT2D eigenvalue weighted by Gasteiger charge is 2.25. The van der Waals surface area contributed by atoms with E-state index in [1.54, 1.807) is 6.20 Å². The van der Waals surface area contributed by atoms with Gasteiger partial charge in [0.05, 0.1) is 12.5 Å². The van der Waals surface area contributed by atoms with Gasteiger partial charge in [0.15, 0.2) is 0 Å². The fourth-order valence-electron chi connectivity index (χ4n) is 3.04. The van der Waals surface area contributed by atoms with Crippen molar-refractivity contribution < 1.29 is 9.53 Å². The number of halogens is 1. The normalized spacial score (nSPS) is 17.8. The van der Waals surface area contributed by atoms with Crippen LogP contribution >= 0.6 is 11.6 Å². The molecule has 1 amide bonds. The van der Waals surface area contributed by atoms with Gasteiger partial charge in [-0.3, -0.25) is 4.79 Å². The molecule has 3 rings (SSSR count). The van der Waals surface area contributed by atoms with Gasteiger partial charge in [-0.1, -0.05) is 12.1 Å². The Balaban J connectivity index is 1.57. The summed E-state index contributed by atoms with van der Waals surface area (Å²) in [6.45, 7) is 6.08. The van der Waals surface area contributed by atoms with Crippen molar-refractivity contribution in [1.29, 1.82) is 0 Å². The molecular weight excluding hydrogens is 352 g/mol. The zero-order valence-corrected chi connectivity index (χ0v) is 15.7. The fraction of sp³-hybridized carbons (Fsp3) is 0.421. The van der Waals surface area contributed by atoms with Gasteiger partial charge in [0.2, 0.25) is 11.2 Å². The second-order valence-corrected chi connectivity index (χ2v) is 6.68. The van der Waals surface area contributed by atoms with Crippen LogP contribution in [-0.4, -0.2) is 41.6 Å². The SMILES string of the molecule is CCNC(=O)C(C)c1ccc(OC2CCN(c3ccnc(Cl)n3)C2)cc1. The molecule has 26 heavy (non-hydrogen) atoms. The molecule has 0 radical (unpaired) electrons. The summed E-state index contributed by atoms with van der Waals surface area (Å²) in [5, 5.41) is 3.10. The summed E-state index contributed by atoms with van der Waals surface area (Å²) in [5.41, 5.74) is 0.979. The van der Waals surface area contributed by atoms with Crippen LogP contribution in [0.25, 0.3) is 0 Å². The highest BCUT2D eigenvalue weighted by Crippen LogP contribution is 2.24. The van der Waals surface area contributed by atoms with Gasteiger partial charge in [0.1, 0.15) is 17.7 Å². The minimum Gasteiger partial charge on any atom is -0.489 e. The van der Waals surface area contributed by atoms with E-state index in [0.29, 0.717) is 6.54 Å². The lowest BCUT2D eigenvalue weighted by molar-refractivity contribution is -0.122. The Morgan fingerprint density at radius 1 is 1.38 bits per heavy atom. The van der Waals surface area contributed by atoms with Crippen molar-refractivity contribution in [3.8, 4) is 5.75 Å². The number of nitrogens with zero attached hydrogens (tertiary/aromatic N) is 3. The van der Waals surface area contributed by atoms with E-state index >= 15 is 0 Å². The number of amides is 1. The van der Waals surface area contributed by atoms with E-state index in [1.165, 1.54) is 0 Å². The van der Waals surface area contributed by atoms with Gasteiger partial charge in [0, 0.05) is 25.7 Å². The molecule has 2 heterocycles. The van der Waals surface area contributed by atoms with Crippen LogP contribution in [0.5, 0.6) is 5.75 Å². The molecule has 1 aromatic carbocycles. The van der Waals surface area contributed by atoms with Crippen LogP contribution in [0.4, 0.5) is 5.82 Å². The number of anilines is 1. The summed E-state index contributed by atoms with van der Waals surface area (Å²) >= 11 is 5.86. The largest absolute Gasteiger partial charge is 0.489 e. The molecule has 0 spiro atoms. The first-order valence-corrected chi connectivity index (χ1v) is 9.22. The van der Waals surface area contributed by atoms with Crippen molar-refractivity contribution in [2.24, 2.45) is 0 Å². The van der Waals surface area contributed by atoms with Gasteiger partial charge < -0.3 is 15.0 Å². The Bertz CT molecular complexity index is 753. The number of rotatable bonds is 6. The summed E-state index contributed by atoms with van der Waals surface area (Å²) in [6, 6.07) is 9.61. The van der Waals surface area contributed by atoms with E-state index in [4.69, 9.17) is 16.3 Å². The number of hydrogen-bond donors (Lipinski definition) is 1. The van der Waals surface area contributed by atoms with E-state index in [2.05, 4.69) is 20.2 Å². The van der Waals surface area contributed by atoms with Gasteiger partial charge in [-0.2, -0.15) is 0 Å². The average Bonchev–Trinajstić information content (AvgIpc) is 3.10. The summed E-state index contributed by atoms with van der Waals surface area (Å²) in [7, 11) is 0. The molecule has 138 valence electrons. The molecular formula is C19H23ClN4O2. The third kappa shape index (κ3) is 4.43. The van der Waals surface area contributed by atoms with E-state index in [-0.39, 0.29) is 23.2 Å². The maximum Gasteiger partial charge on any atom is 0.227 e. The minimum absolute atomic E-state index is 0.0381. The molecule has 0 bridgehead atoms. The molecule has 1 aromatic heterocycles. The standard InChI is InChI=1S/C19H23ClN4O2/c1-3-21-18(25)13(2)14-4-6-15(7-5-14)26-16-9-11-24(12-16)17-8-10-22-19(20)23-17/h4-8,10,13,16H,3,9,11-12H2,1-2H3,(H,21,25). The van der Waals surface area contributed by atoms with E-state index in [1.807, 2.05) is 44.2 Å². The number of benzene rings is 1.